The molecule has 0 saturated carbocycles. The van der Waals surface area contributed by atoms with Crippen molar-refractivity contribution < 1.29 is 9.90 Å². The standard InChI is InChI=1S/C11H17N3O2/c1-2-4-8(15)7-14-11-9(10(12)16)5-3-6-13-11/h3,5-6,8,15H,2,4,7H2,1H3,(H2,12,16)(H,13,14). The number of amides is 1. The molecule has 0 bridgehead atoms. The lowest BCUT2D eigenvalue weighted by Gasteiger charge is -2.12. The minimum Gasteiger partial charge on any atom is -0.391 e. The van der Waals surface area contributed by atoms with Crippen LogP contribution in [0.5, 0.6) is 0 Å². The number of pyridine rings is 1. The SMILES string of the molecule is CCCC(O)CNc1ncccc1C(N)=O. The van der Waals surface area contributed by atoms with E-state index >= 15 is 0 Å². The van der Waals surface area contributed by atoms with Crippen molar-refractivity contribution in [1.82, 2.24) is 4.98 Å². The van der Waals surface area contributed by atoms with Crippen LogP contribution in [0.25, 0.3) is 0 Å². The number of hydrogen-bond donors (Lipinski definition) is 3. The lowest BCUT2D eigenvalue weighted by Crippen LogP contribution is -2.22. The number of primary amides is 1. The van der Waals surface area contributed by atoms with Gasteiger partial charge in [0.15, 0.2) is 0 Å². The highest BCUT2D eigenvalue weighted by atomic mass is 16.3. The molecule has 1 amide bonds. The van der Waals surface area contributed by atoms with E-state index in [9.17, 15) is 9.90 Å². The highest BCUT2D eigenvalue weighted by Crippen LogP contribution is 2.10. The summed E-state index contributed by atoms with van der Waals surface area (Å²) in [6, 6.07) is 3.25. The molecule has 16 heavy (non-hydrogen) atoms. The van der Waals surface area contributed by atoms with E-state index in [1.165, 1.54) is 0 Å². The van der Waals surface area contributed by atoms with Gasteiger partial charge >= 0.3 is 0 Å². The van der Waals surface area contributed by atoms with Gasteiger partial charge in [-0.1, -0.05) is 13.3 Å². The third-order valence-corrected chi connectivity index (χ3v) is 2.20. The van der Waals surface area contributed by atoms with Crippen LogP contribution in [0.3, 0.4) is 0 Å². The maximum atomic E-state index is 11.1. The summed E-state index contributed by atoms with van der Waals surface area (Å²) in [4.78, 5) is 15.1. The maximum Gasteiger partial charge on any atom is 0.252 e. The number of hydrogen-bond acceptors (Lipinski definition) is 4. The monoisotopic (exact) mass is 223 g/mol. The number of carbonyl (C=O) groups excluding carboxylic acids is 1. The van der Waals surface area contributed by atoms with Gasteiger partial charge in [-0.05, 0) is 18.6 Å². The minimum atomic E-state index is -0.527. The second kappa shape index (κ2) is 6.07. The Morgan fingerprint density at radius 3 is 3.06 bits per heavy atom. The van der Waals surface area contributed by atoms with Crippen LogP contribution in [0.2, 0.25) is 0 Å². The van der Waals surface area contributed by atoms with Crippen molar-refractivity contribution in [2.75, 3.05) is 11.9 Å². The number of aromatic nitrogens is 1. The number of nitrogens with zero attached hydrogens (tertiary/aromatic N) is 1. The molecule has 0 radical (unpaired) electrons. The Bertz CT molecular complexity index is 355. The Balaban J connectivity index is 2.63. The van der Waals surface area contributed by atoms with Crippen LogP contribution in [-0.4, -0.2) is 28.6 Å². The summed E-state index contributed by atoms with van der Waals surface area (Å²) in [6.45, 7) is 2.37. The Kier molecular flexibility index (Phi) is 4.72. The van der Waals surface area contributed by atoms with Crippen molar-refractivity contribution in [2.24, 2.45) is 5.73 Å². The molecule has 1 rings (SSSR count). The molecule has 5 heteroatoms. The Labute approximate surface area is 94.7 Å². The number of aliphatic hydroxyl groups excluding tert-OH is 1. The zero-order chi connectivity index (χ0) is 12.0. The molecule has 5 nitrogen and oxygen atoms in total. The number of nitrogens with two attached hydrogens (primary N) is 1. The number of aliphatic hydroxyl groups is 1. The fraction of sp³-hybridized carbons (Fsp3) is 0.455. The molecule has 0 aromatic carbocycles. The highest BCUT2D eigenvalue weighted by Gasteiger charge is 2.09. The average Bonchev–Trinajstić information content (AvgIpc) is 2.27. The summed E-state index contributed by atoms with van der Waals surface area (Å²) in [5.74, 6) is -0.106. The highest BCUT2D eigenvalue weighted by molar-refractivity contribution is 5.97. The lowest BCUT2D eigenvalue weighted by molar-refractivity contribution is 0.100. The predicted octanol–water partition coefficient (Wildman–Crippen LogP) is 0.753. The van der Waals surface area contributed by atoms with E-state index in [0.29, 0.717) is 24.3 Å². The molecule has 1 atom stereocenters. The van der Waals surface area contributed by atoms with E-state index in [4.69, 9.17) is 5.73 Å². The number of anilines is 1. The molecule has 1 aromatic rings. The molecule has 0 fully saturated rings. The van der Waals surface area contributed by atoms with Gasteiger partial charge in [-0.2, -0.15) is 0 Å². The Morgan fingerprint density at radius 2 is 2.44 bits per heavy atom. The molecule has 88 valence electrons. The average molecular weight is 223 g/mol. The van der Waals surface area contributed by atoms with E-state index in [1.54, 1.807) is 18.3 Å². The molecule has 1 aromatic heterocycles. The molecule has 0 spiro atoms. The number of rotatable bonds is 6. The van der Waals surface area contributed by atoms with Crippen LogP contribution in [-0.2, 0) is 0 Å². The fourth-order valence-corrected chi connectivity index (χ4v) is 1.39. The van der Waals surface area contributed by atoms with Crippen molar-refractivity contribution in [1.29, 1.82) is 0 Å². The molecular formula is C11H17N3O2. The van der Waals surface area contributed by atoms with E-state index in [0.717, 1.165) is 6.42 Å². The van der Waals surface area contributed by atoms with Crippen LogP contribution in [0.4, 0.5) is 5.82 Å². The quantitative estimate of drug-likeness (QED) is 0.664. The summed E-state index contributed by atoms with van der Waals surface area (Å²) in [7, 11) is 0. The summed E-state index contributed by atoms with van der Waals surface area (Å²) in [5, 5.41) is 12.5. The molecule has 0 saturated heterocycles. The van der Waals surface area contributed by atoms with Gasteiger partial charge in [-0.25, -0.2) is 4.98 Å². The van der Waals surface area contributed by atoms with Gasteiger partial charge in [0.2, 0.25) is 0 Å². The maximum absolute atomic E-state index is 11.1. The number of nitrogens with one attached hydrogen (secondary N) is 1. The van der Waals surface area contributed by atoms with Crippen LogP contribution in [0.15, 0.2) is 18.3 Å². The zero-order valence-electron chi connectivity index (χ0n) is 9.31. The normalized spacial score (nSPS) is 12.1. The number of carbonyl (C=O) groups is 1. The second-order valence-corrected chi connectivity index (χ2v) is 3.59. The fourth-order valence-electron chi connectivity index (χ4n) is 1.39. The van der Waals surface area contributed by atoms with E-state index in [-0.39, 0.29) is 0 Å². The smallest absolute Gasteiger partial charge is 0.252 e. The van der Waals surface area contributed by atoms with Gasteiger partial charge in [-0.15, -0.1) is 0 Å². The Morgan fingerprint density at radius 1 is 1.69 bits per heavy atom. The predicted molar refractivity (Wildman–Crippen MR) is 62.2 cm³/mol. The first-order valence-electron chi connectivity index (χ1n) is 5.32. The summed E-state index contributed by atoms with van der Waals surface area (Å²) < 4.78 is 0. The van der Waals surface area contributed by atoms with Crippen LogP contribution in [0, 0.1) is 0 Å². The summed E-state index contributed by atoms with van der Waals surface area (Å²) in [5.41, 5.74) is 5.54. The third-order valence-electron chi connectivity index (χ3n) is 2.20. The summed E-state index contributed by atoms with van der Waals surface area (Å²) in [6.07, 6.45) is 2.76. The molecule has 0 aliphatic rings. The van der Waals surface area contributed by atoms with Gasteiger partial charge in [0.25, 0.3) is 5.91 Å². The van der Waals surface area contributed by atoms with E-state index in [2.05, 4.69) is 10.3 Å². The molecular weight excluding hydrogens is 206 g/mol. The van der Waals surface area contributed by atoms with Crippen molar-refractivity contribution in [3.05, 3.63) is 23.9 Å². The van der Waals surface area contributed by atoms with Crippen LogP contribution in [0.1, 0.15) is 30.1 Å². The lowest BCUT2D eigenvalue weighted by atomic mass is 10.2. The first kappa shape index (κ1) is 12.4. The molecule has 0 aliphatic heterocycles. The third kappa shape index (κ3) is 3.51. The minimum absolute atomic E-state index is 0.339. The molecule has 4 N–H and O–H groups in total. The first-order valence-corrected chi connectivity index (χ1v) is 5.32. The van der Waals surface area contributed by atoms with Crippen molar-refractivity contribution in [3.63, 3.8) is 0 Å². The van der Waals surface area contributed by atoms with Crippen molar-refractivity contribution in [2.45, 2.75) is 25.9 Å². The van der Waals surface area contributed by atoms with Crippen molar-refractivity contribution >= 4 is 11.7 Å². The molecule has 1 unspecified atom stereocenters. The second-order valence-electron chi connectivity index (χ2n) is 3.59. The zero-order valence-corrected chi connectivity index (χ0v) is 9.31. The largest absolute Gasteiger partial charge is 0.391 e. The topological polar surface area (TPSA) is 88.2 Å². The Hall–Kier alpha value is -1.62. The molecule has 1 heterocycles. The van der Waals surface area contributed by atoms with Gasteiger partial charge in [0.1, 0.15) is 5.82 Å². The van der Waals surface area contributed by atoms with E-state index in [1.807, 2.05) is 6.92 Å². The first-order chi connectivity index (χ1) is 7.65. The van der Waals surface area contributed by atoms with Crippen LogP contribution >= 0.6 is 0 Å². The van der Waals surface area contributed by atoms with Crippen LogP contribution < -0.4 is 11.1 Å². The van der Waals surface area contributed by atoms with E-state index < -0.39 is 12.0 Å². The van der Waals surface area contributed by atoms with Gasteiger partial charge in [0.05, 0.1) is 11.7 Å². The van der Waals surface area contributed by atoms with Gasteiger partial charge in [-0.3, -0.25) is 4.79 Å². The summed E-state index contributed by atoms with van der Waals surface area (Å²) >= 11 is 0. The van der Waals surface area contributed by atoms with Crippen molar-refractivity contribution in [3.8, 4) is 0 Å². The molecule has 0 aliphatic carbocycles. The van der Waals surface area contributed by atoms with Gasteiger partial charge in [0, 0.05) is 12.7 Å². The van der Waals surface area contributed by atoms with Gasteiger partial charge < -0.3 is 16.2 Å².